The normalized spacial score (nSPS) is 20.1. The Morgan fingerprint density at radius 3 is 2.73 bits per heavy atom. The Labute approximate surface area is 177 Å². The third kappa shape index (κ3) is 4.30. The molecule has 3 heterocycles. The molecule has 2 N–H and O–H groups in total. The van der Waals surface area contributed by atoms with Crippen LogP contribution in [0.4, 0.5) is 5.95 Å². The van der Waals surface area contributed by atoms with Crippen molar-refractivity contribution in [1.82, 2.24) is 14.6 Å². The van der Waals surface area contributed by atoms with Crippen LogP contribution < -0.4 is 5.32 Å². The van der Waals surface area contributed by atoms with Gasteiger partial charge < -0.3 is 19.9 Å². The standard InChI is InChI=1S/C22H32N4O4/c1-3-4-5-6-15(2)24-21-23-14-19-17(20(27)28)13-18(26(19)25-21)16-7-9-22(10-8-16)29-11-12-30-22/h13-16H,3-12H2,1-2H3,(H,24,25)(H,27,28)/t15-/m0/s1. The molecule has 164 valence electrons. The van der Waals surface area contributed by atoms with Gasteiger partial charge in [0.05, 0.1) is 30.5 Å². The first-order chi connectivity index (χ1) is 14.5. The van der Waals surface area contributed by atoms with Crippen LogP contribution in [0, 0.1) is 0 Å². The van der Waals surface area contributed by atoms with Crippen LogP contribution in [-0.4, -0.2) is 50.7 Å². The molecule has 4 rings (SSSR count). The maximum Gasteiger partial charge on any atom is 0.338 e. The van der Waals surface area contributed by atoms with Crippen molar-refractivity contribution in [2.45, 2.75) is 83.0 Å². The number of rotatable bonds is 8. The molecule has 0 aromatic carbocycles. The van der Waals surface area contributed by atoms with Crippen molar-refractivity contribution >= 4 is 17.4 Å². The zero-order valence-corrected chi connectivity index (χ0v) is 17.9. The summed E-state index contributed by atoms with van der Waals surface area (Å²) in [6.07, 6.45) is 9.64. The zero-order valence-electron chi connectivity index (χ0n) is 17.9. The van der Waals surface area contributed by atoms with Crippen LogP contribution in [0.5, 0.6) is 0 Å². The fourth-order valence-electron chi connectivity index (χ4n) is 4.68. The number of hydrogen-bond acceptors (Lipinski definition) is 6. The molecule has 1 aliphatic heterocycles. The molecule has 8 heteroatoms. The highest BCUT2D eigenvalue weighted by atomic mass is 16.7. The lowest BCUT2D eigenvalue weighted by molar-refractivity contribution is -0.179. The van der Waals surface area contributed by atoms with Crippen molar-refractivity contribution < 1.29 is 19.4 Å². The maximum absolute atomic E-state index is 11.8. The van der Waals surface area contributed by atoms with Crippen molar-refractivity contribution in [3.8, 4) is 0 Å². The highest BCUT2D eigenvalue weighted by Gasteiger charge is 2.41. The van der Waals surface area contributed by atoms with E-state index in [1.807, 2.05) is 0 Å². The number of fused-ring (bicyclic) bond motifs is 1. The summed E-state index contributed by atoms with van der Waals surface area (Å²) in [5.41, 5.74) is 1.72. The molecule has 0 unspecified atom stereocenters. The Kier molecular flexibility index (Phi) is 6.24. The summed E-state index contributed by atoms with van der Waals surface area (Å²) in [6, 6.07) is 2.03. The van der Waals surface area contributed by atoms with Crippen molar-refractivity contribution in [2.24, 2.45) is 0 Å². The number of aromatic nitrogens is 3. The van der Waals surface area contributed by atoms with Crippen molar-refractivity contribution in [1.29, 1.82) is 0 Å². The lowest BCUT2D eigenvalue weighted by Crippen LogP contribution is -2.34. The number of ether oxygens (including phenoxy) is 2. The number of anilines is 1. The lowest BCUT2D eigenvalue weighted by Gasteiger charge is -2.35. The first kappa shape index (κ1) is 21.1. The second-order valence-electron chi connectivity index (χ2n) is 8.59. The van der Waals surface area contributed by atoms with Crippen molar-refractivity contribution in [3.05, 3.63) is 23.5 Å². The zero-order chi connectivity index (χ0) is 21.1. The molecular formula is C22H32N4O4. The molecule has 0 radical (unpaired) electrons. The second kappa shape index (κ2) is 8.89. The first-order valence-corrected chi connectivity index (χ1v) is 11.2. The number of nitrogens with zero attached hydrogens (tertiary/aromatic N) is 3. The van der Waals surface area contributed by atoms with E-state index in [0.717, 1.165) is 37.8 Å². The number of nitrogens with one attached hydrogen (secondary N) is 1. The second-order valence-corrected chi connectivity index (χ2v) is 8.59. The Hall–Kier alpha value is -2.19. The SMILES string of the molecule is CCCCC[C@H](C)Nc1ncc2c(C(=O)O)cc(C3CCC4(CC3)OCCO4)n2n1. The number of carbonyl (C=O) groups is 1. The van der Waals surface area contributed by atoms with Crippen LogP contribution >= 0.6 is 0 Å². The molecule has 2 aromatic rings. The minimum absolute atomic E-state index is 0.216. The molecule has 30 heavy (non-hydrogen) atoms. The Morgan fingerprint density at radius 1 is 1.33 bits per heavy atom. The number of carboxylic acid groups (broad SMARTS) is 1. The number of hydrogen-bond donors (Lipinski definition) is 2. The van der Waals surface area contributed by atoms with E-state index in [4.69, 9.17) is 9.47 Å². The monoisotopic (exact) mass is 416 g/mol. The quantitative estimate of drug-likeness (QED) is 0.622. The van der Waals surface area contributed by atoms with E-state index < -0.39 is 11.8 Å². The van der Waals surface area contributed by atoms with Gasteiger partial charge in [0, 0.05) is 30.5 Å². The lowest BCUT2D eigenvalue weighted by atomic mass is 9.83. The fraction of sp³-hybridized carbons (Fsp3) is 0.682. The predicted molar refractivity (Wildman–Crippen MR) is 113 cm³/mol. The van der Waals surface area contributed by atoms with E-state index in [0.29, 0.717) is 24.7 Å². The van der Waals surface area contributed by atoms with Crippen LogP contribution in [0.25, 0.3) is 5.52 Å². The number of aromatic carboxylic acids is 1. The van der Waals surface area contributed by atoms with Crippen LogP contribution in [0.3, 0.4) is 0 Å². The Bertz CT molecular complexity index is 881. The minimum atomic E-state index is -0.953. The van der Waals surface area contributed by atoms with Gasteiger partial charge in [0.15, 0.2) is 5.79 Å². The molecule has 1 saturated heterocycles. The predicted octanol–water partition coefficient (Wildman–Crippen LogP) is 4.21. The van der Waals surface area contributed by atoms with Gasteiger partial charge in [-0.25, -0.2) is 14.3 Å². The summed E-state index contributed by atoms with van der Waals surface area (Å²) in [5, 5.41) is 17.7. The molecular weight excluding hydrogens is 384 g/mol. The molecule has 0 bridgehead atoms. The van der Waals surface area contributed by atoms with E-state index in [1.54, 1.807) is 16.8 Å². The van der Waals surface area contributed by atoms with Crippen LogP contribution in [0.2, 0.25) is 0 Å². The minimum Gasteiger partial charge on any atom is -0.478 e. The molecule has 1 spiro atoms. The van der Waals surface area contributed by atoms with E-state index in [1.165, 1.54) is 19.3 Å². The Balaban J connectivity index is 1.56. The molecule has 0 amide bonds. The molecule has 1 atom stereocenters. The largest absolute Gasteiger partial charge is 0.478 e. The number of carboxylic acids is 1. The fourth-order valence-corrected chi connectivity index (χ4v) is 4.68. The van der Waals surface area contributed by atoms with E-state index in [-0.39, 0.29) is 17.5 Å². The topological polar surface area (TPSA) is 98.0 Å². The summed E-state index contributed by atoms with van der Waals surface area (Å²) in [4.78, 5) is 16.2. The van der Waals surface area contributed by atoms with Crippen LogP contribution in [0.1, 0.15) is 87.2 Å². The van der Waals surface area contributed by atoms with E-state index >= 15 is 0 Å². The average molecular weight is 417 g/mol. The average Bonchev–Trinajstić information content (AvgIpc) is 3.34. The van der Waals surface area contributed by atoms with Gasteiger partial charge in [-0.05, 0) is 32.3 Å². The van der Waals surface area contributed by atoms with Gasteiger partial charge in [-0.15, -0.1) is 5.10 Å². The highest BCUT2D eigenvalue weighted by molar-refractivity contribution is 5.96. The van der Waals surface area contributed by atoms with E-state index in [9.17, 15) is 9.90 Å². The van der Waals surface area contributed by atoms with E-state index in [2.05, 4.69) is 29.2 Å². The number of unbranched alkanes of at least 4 members (excludes halogenated alkanes) is 2. The molecule has 2 aromatic heterocycles. The summed E-state index contributed by atoms with van der Waals surface area (Å²) >= 11 is 0. The smallest absolute Gasteiger partial charge is 0.338 e. The van der Waals surface area contributed by atoms with Gasteiger partial charge in [0.2, 0.25) is 5.95 Å². The van der Waals surface area contributed by atoms with Gasteiger partial charge in [-0.2, -0.15) is 0 Å². The highest BCUT2D eigenvalue weighted by Crippen LogP contribution is 2.43. The van der Waals surface area contributed by atoms with Crippen molar-refractivity contribution in [3.63, 3.8) is 0 Å². The Morgan fingerprint density at radius 2 is 2.07 bits per heavy atom. The summed E-state index contributed by atoms with van der Waals surface area (Å²) < 4.78 is 13.5. The van der Waals surface area contributed by atoms with Crippen molar-refractivity contribution in [2.75, 3.05) is 18.5 Å². The molecule has 1 aliphatic carbocycles. The van der Waals surface area contributed by atoms with Crippen LogP contribution in [-0.2, 0) is 9.47 Å². The molecule has 2 aliphatic rings. The molecule has 8 nitrogen and oxygen atoms in total. The van der Waals surface area contributed by atoms with Gasteiger partial charge in [-0.3, -0.25) is 0 Å². The third-order valence-electron chi connectivity index (χ3n) is 6.37. The summed E-state index contributed by atoms with van der Waals surface area (Å²) in [6.45, 7) is 5.63. The van der Waals surface area contributed by atoms with Gasteiger partial charge >= 0.3 is 5.97 Å². The first-order valence-electron chi connectivity index (χ1n) is 11.2. The molecule has 1 saturated carbocycles. The van der Waals surface area contributed by atoms with Gasteiger partial charge in [0.1, 0.15) is 0 Å². The molecule has 2 fully saturated rings. The van der Waals surface area contributed by atoms with Crippen LogP contribution in [0.15, 0.2) is 12.3 Å². The summed E-state index contributed by atoms with van der Waals surface area (Å²) in [5.74, 6) is -0.635. The van der Waals surface area contributed by atoms with Gasteiger partial charge in [0.25, 0.3) is 0 Å². The van der Waals surface area contributed by atoms with Gasteiger partial charge in [-0.1, -0.05) is 26.2 Å². The summed E-state index contributed by atoms with van der Waals surface area (Å²) in [7, 11) is 0. The third-order valence-corrected chi connectivity index (χ3v) is 6.37. The maximum atomic E-state index is 11.8.